The summed E-state index contributed by atoms with van der Waals surface area (Å²) in [5, 5.41) is 3.41. The molecule has 0 radical (unpaired) electrons. The van der Waals surface area contributed by atoms with Crippen LogP contribution in [0.4, 0.5) is 0 Å². The first-order valence-electron chi connectivity index (χ1n) is 7.20. The SMILES string of the molecule is CCSc1ccc(CC2CCC(NC)CC2)cc1. The minimum Gasteiger partial charge on any atom is -0.317 e. The Hall–Kier alpha value is -0.470. The van der Waals surface area contributed by atoms with Crippen LogP contribution in [0.2, 0.25) is 0 Å². The summed E-state index contributed by atoms with van der Waals surface area (Å²) in [4.78, 5) is 1.40. The normalized spacial score (nSPS) is 24.1. The molecule has 1 nitrogen and oxygen atoms in total. The van der Waals surface area contributed by atoms with E-state index in [1.807, 2.05) is 11.8 Å². The van der Waals surface area contributed by atoms with Crippen LogP contribution >= 0.6 is 11.8 Å². The summed E-state index contributed by atoms with van der Waals surface area (Å²) in [7, 11) is 2.09. The van der Waals surface area contributed by atoms with Gasteiger partial charge in [0, 0.05) is 10.9 Å². The Kier molecular flexibility index (Phi) is 5.58. The van der Waals surface area contributed by atoms with Crippen molar-refractivity contribution >= 4 is 11.8 Å². The van der Waals surface area contributed by atoms with Crippen molar-refractivity contribution in [1.29, 1.82) is 0 Å². The predicted molar refractivity (Wildman–Crippen MR) is 81.3 cm³/mol. The molecule has 1 aliphatic carbocycles. The fourth-order valence-electron chi connectivity index (χ4n) is 2.88. The van der Waals surface area contributed by atoms with Gasteiger partial charge >= 0.3 is 0 Å². The molecule has 0 amide bonds. The van der Waals surface area contributed by atoms with Crippen molar-refractivity contribution in [2.45, 2.75) is 50.0 Å². The first kappa shape index (κ1) is 14.0. The van der Waals surface area contributed by atoms with E-state index in [0.29, 0.717) is 0 Å². The molecule has 100 valence electrons. The molecule has 0 aromatic heterocycles. The summed E-state index contributed by atoms with van der Waals surface area (Å²) >= 11 is 1.93. The molecule has 2 heteroatoms. The first-order chi connectivity index (χ1) is 8.81. The standard InChI is InChI=1S/C16H25NS/c1-3-18-16-10-6-14(7-11-16)12-13-4-8-15(17-2)9-5-13/h6-7,10-11,13,15,17H,3-5,8-9,12H2,1-2H3. The van der Waals surface area contributed by atoms with E-state index in [9.17, 15) is 0 Å². The lowest BCUT2D eigenvalue weighted by atomic mass is 9.82. The zero-order valence-electron chi connectivity index (χ0n) is 11.6. The molecule has 1 aromatic rings. The summed E-state index contributed by atoms with van der Waals surface area (Å²) in [5.74, 6) is 2.06. The molecule has 1 N–H and O–H groups in total. The molecule has 2 rings (SSSR count). The maximum atomic E-state index is 3.41. The van der Waals surface area contributed by atoms with Crippen LogP contribution in [0.15, 0.2) is 29.2 Å². The number of thioether (sulfide) groups is 1. The number of hydrogen-bond acceptors (Lipinski definition) is 2. The highest BCUT2D eigenvalue weighted by Gasteiger charge is 2.19. The van der Waals surface area contributed by atoms with Gasteiger partial charge in [-0.2, -0.15) is 0 Å². The van der Waals surface area contributed by atoms with Crippen molar-refractivity contribution in [3.8, 4) is 0 Å². The highest BCUT2D eigenvalue weighted by Crippen LogP contribution is 2.28. The van der Waals surface area contributed by atoms with Crippen LogP contribution in [0.1, 0.15) is 38.2 Å². The topological polar surface area (TPSA) is 12.0 Å². The second-order valence-electron chi connectivity index (χ2n) is 5.29. The second-order valence-corrected chi connectivity index (χ2v) is 6.62. The number of nitrogens with one attached hydrogen (secondary N) is 1. The summed E-state index contributed by atoms with van der Waals surface area (Å²) in [6, 6.07) is 9.97. The lowest BCUT2D eigenvalue weighted by Gasteiger charge is -2.28. The minimum absolute atomic E-state index is 0.768. The van der Waals surface area contributed by atoms with Crippen molar-refractivity contribution in [3.05, 3.63) is 29.8 Å². The molecule has 0 heterocycles. The molecule has 0 bridgehead atoms. The molecule has 1 saturated carbocycles. The van der Waals surface area contributed by atoms with Gasteiger partial charge in [-0.05, 0) is 68.5 Å². The average Bonchev–Trinajstić information content (AvgIpc) is 2.42. The van der Waals surface area contributed by atoms with Crippen LogP contribution < -0.4 is 5.32 Å². The van der Waals surface area contributed by atoms with Crippen molar-refractivity contribution < 1.29 is 0 Å². The summed E-state index contributed by atoms with van der Waals surface area (Å²) < 4.78 is 0. The van der Waals surface area contributed by atoms with E-state index in [2.05, 4.69) is 43.6 Å². The Balaban J connectivity index is 1.82. The van der Waals surface area contributed by atoms with Crippen LogP contribution in [-0.4, -0.2) is 18.8 Å². The fraction of sp³-hybridized carbons (Fsp3) is 0.625. The quantitative estimate of drug-likeness (QED) is 0.802. The van der Waals surface area contributed by atoms with Crippen molar-refractivity contribution in [3.63, 3.8) is 0 Å². The van der Waals surface area contributed by atoms with Gasteiger partial charge in [0.05, 0.1) is 0 Å². The van der Waals surface area contributed by atoms with Crippen LogP contribution in [-0.2, 0) is 6.42 Å². The number of benzene rings is 1. The predicted octanol–water partition coefficient (Wildman–Crippen LogP) is 4.12. The second kappa shape index (κ2) is 7.20. The van der Waals surface area contributed by atoms with E-state index < -0.39 is 0 Å². The van der Waals surface area contributed by atoms with Gasteiger partial charge in [0.25, 0.3) is 0 Å². The lowest BCUT2D eigenvalue weighted by molar-refractivity contribution is 0.300. The largest absolute Gasteiger partial charge is 0.317 e. The van der Waals surface area contributed by atoms with E-state index in [4.69, 9.17) is 0 Å². The monoisotopic (exact) mass is 263 g/mol. The van der Waals surface area contributed by atoms with Gasteiger partial charge < -0.3 is 5.32 Å². The van der Waals surface area contributed by atoms with Gasteiger partial charge in [-0.15, -0.1) is 11.8 Å². The molecule has 0 saturated heterocycles. The number of hydrogen-bond donors (Lipinski definition) is 1. The summed E-state index contributed by atoms with van der Waals surface area (Å²) in [6.45, 7) is 2.21. The van der Waals surface area contributed by atoms with Crippen molar-refractivity contribution in [2.75, 3.05) is 12.8 Å². The molecule has 0 atom stereocenters. The maximum absolute atomic E-state index is 3.41. The van der Waals surface area contributed by atoms with Crippen LogP contribution in [0, 0.1) is 5.92 Å². The Morgan fingerprint density at radius 2 is 1.78 bits per heavy atom. The average molecular weight is 263 g/mol. The van der Waals surface area contributed by atoms with Crippen LogP contribution in [0.5, 0.6) is 0 Å². The Morgan fingerprint density at radius 1 is 1.11 bits per heavy atom. The van der Waals surface area contributed by atoms with Crippen LogP contribution in [0.25, 0.3) is 0 Å². The molecular weight excluding hydrogens is 238 g/mol. The van der Waals surface area contributed by atoms with E-state index >= 15 is 0 Å². The third-order valence-electron chi connectivity index (χ3n) is 4.01. The van der Waals surface area contributed by atoms with Crippen molar-refractivity contribution in [2.24, 2.45) is 5.92 Å². The van der Waals surface area contributed by atoms with Gasteiger partial charge in [-0.25, -0.2) is 0 Å². The summed E-state index contributed by atoms with van der Waals surface area (Å²) in [6.07, 6.45) is 6.75. The minimum atomic E-state index is 0.768. The van der Waals surface area contributed by atoms with Gasteiger partial charge in [-0.1, -0.05) is 19.1 Å². The Labute approximate surface area is 116 Å². The fourth-order valence-corrected chi connectivity index (χ4v) is 3.54. The zero-order valence-corrected chi connectivity index (χ0v) is 12.4. The highest BCUT2D eigenvalue weighted by atomic mass is 32.2. The molecular formula is C16H25NS. The maximum Gasteiger partial charge on any atom is 0.00720 e. The molecule has 1 fully saturated rings. The Bertz CT molecular complexity index is 339. The van der Waals surface area contributed by atoms with E-state index in [0.717, 1.165) is 17.7 Å². The van der Waals surface area contributed by atoms with Gasteiger partial charge in [0.2, 0.25) is 0 Å². The Morgan fingerprint density at radius 3 is 2.33 bits per heavy atom. The molecule has 1 aromatic carbocycles. The van der Waals surface area contributed by atoms with Crippen molar-refractivity contribution in [1.82, 2.24) is 5.32 Å². The van der Waals surface area contributed by atoms with Gasteiger partial charge in [-0.3, -0.25) is 0 Å². The smallest absolute Gasteiger partial charge is 0.00720 e. The third kappa shape index (κ3) is 4.03. The van der Waals surface area contributed by atoms with Crippen LogP contribution in [0.3, 0.4) is 0 Å². The van der Waals surface area contributed by atoms with E-state index in [1.54, 1.807) is 0 Å². The lowest BCUT2D eigenvalue weighted by Crippen LogP contribution is -2.30. The number of rotatable bonds is 5. The van der Waals surface area contributed by atoms with Gasteiger partial charge in [0.1, 0.15) is 0 Å². The highest BCUT2D eigenvalue weighted by molar-refractivity contribution is 7.99. The molecule has 0 aliphatic heterocycles. The molecule has 0 unspecified atom stereocenters. The van der Waals surface area contributed by atoms with Gasteiger partial charge in [0.15, 0.2) is 0 Å². The van der Waals surface area contributed by atoms with E-state index in [1.165, 1.54) is 42.6 Å². The zero-order chi connectivity index (χ0) is 12.8. The molecule has 18 heavy (non-hydrogen) atoms. The third-order valence-corrected chi connectivity index (χ3v) is 4.91. The summed E-state index contributed by atoms with van der Waals surface area (Å²) in [5.41, 5.74) is 1.52. The molecule has 0 spiro atoms. The first-order valence-corrected chi connectivity index (χ1v) is 8.19. The molecule has 1 aliphatic rings. The van der Waals surface area contributed by atoms with E-state index in [-0.39, 0.29) is 0 Å².